The van der Waals surface area contributed by atoms with Crippen LogP contribution in [-0.2, 0) is 0 Å². The van der Waals surface area contributed by atoms with Crippen molar-refractivity contribution in [2.45, 2.75) is 48.5 Å². The van der Waals surface area contributed by atoms with E-state index in [4.69, 9.17) is 0 Å². The van der Waals surface area contributed by atoms with Gasteiger partial charge in [0, 0.05) is 7.05 Å². The summed E-state index contributed by atoms with van der Waals surface area (Å²) in [5, 5.41) is 0. The van der Waals surface area contributed by atoms with Crippen molar-refractivity contribution in [2.24, 2.45) is 4.99 Å². The lowest BCUT2D eigenvalue weighted by atomic mass is 10.1. The molecule has 0 radical (unpaired) electrons. The van der Waals surface area contributed by atoms with E-state index in [0.717, 1.165) is 11.3 Å². The van der Waals surface area contributed by atoms with E-state index < -0.39 is 0 Å². The third-order valence-electron chi connectivity index (χ3n) is 1.37. The molecule has 0 unspecified atom stereocenters. The average Bonchev–Trinajstić information content (AvgIpc) is 2.47. The summed E-state index contributed by atoms with van der Waals surface area (Å²) in [5.74, 6) is 0. The molecule has 18 heavy (non-hydrogen) atoms. The first-order chi connectivity index (χ1) is 8.79. The highest BCUT2D eigenvalue weighted by molar-refractivity contribution is 6.10. The normalized spacial score (nSPS) is 10.0. The minimum Gasteiger partial charge on any atom is -0.288 e. The number of hydrogen-bond donors (Lipinski definition) is 0. The zero-order valence-corrected chi connectivity index (χ0v) is 13.7. The molecule has 0 bridgehead atoms. The van der Waals surface area contributed by atoms with Crippen molar-refractivity contribution in [2.75, 3.05) is 7.05 Å². The Morgan fingerprint density at radius 1 is 0.944 bits per heavy atom. The molecule has 1 nitrogen and oxygen atoms in total. The van der Waals surface area contributed by atoms with Crippen LogP contribution >= 0.6 is 0 Å². The van der Waals surface area contributed by atoms with E-state index >= 15 is 0 Å². The molecule has 0 saturated heterocycles. The largest absolute Gasteiger partial charge is 0.288 e. The number of aliphatic imine (C=N–C) groups is 1. The van der Waals surface area contributed by atoms with Crippen LogP contribution in [0, 0.1) is 0 Å². The summed E-state index contributed by atoms with van der Waals surface area (Å²) in [6.07, 6.45) is 9.32. The predicted molar refractivity (Wildman–Crippen MR) is 90.7 cm³/mol. The third-order valence-corrected chi connectivity index (χ3v) is 1.37. The highest BCUT2D eigenvalue weighted by Crippen LogP contribution is 2.02. The smallest absolute Gasteiger partial charge is 0.0637 e. The molecule has 0 aliphatic heterocycles. The van der Waals surface area contributed by atoms with Crippen molar-refractivity contribution >= 4 is 5.71 Å². The highest BCUT2D eigenvalue weighted by atomic mass is 14.7. The molecular formula is C17H33N. The molecule has 0 saturated carbocycles. The van der Waals surface area contributed by atoms with Crippen LogP contribution in [0.2, 0.25) is 0 Å². The summed E-state index contributed by atoms with van der Waals surface area (Å²) in [6.45, 7) is 21.3. The van der Waals surface area contributed by atoms with Crippen LogP contribution < -0.4 is 0 Å². The van der Waals surface area contributed by atoms with Gasteiger partial charge in [-0.15, -0.1) is 0 Å². The Balaban J connectivity index is -0.000000141. The van der Waals surface area contributed by atoms with E-state index in [-0.39, 0.29) is 0 Å². The molecule has 0 N–H and O–H groups in total. The van der Waals surface area contributed by atoms with Gasteiger partial charge >= 0.3 is 0 Å². The van der Waals surface area contributed by atoms with Gasteiger partial charge in [0.2, 0.25) is 0 Å². The van der Waals surface area contributed by atoms with Crippen LogP contribution in [0.1, 0.15) is 48.5 Å². The average molecular weight is 251 g/mol. The first-order valence-electron chi connectivity index (χ1n) is 6.85. The molecule has 0 aliphatic carbocycles. The van der Waals surface area contributed by atoms with Gasteiger partial charge in [0.25, 0.3) is 0 Å². The summed E-state index contributed by atoms with van der Waals surface area (Å²) >= 11 is 0. The fourth-order valence-electron chi connectivity index (χ4n) is 0.871. The van der Waals surface area contributed by atoms with E-state index in [9.17, 15) is 0 Å². The Labute approximate surface area is 116 Å². The molecule has 0 aromatic heterocycles. The van der Waals surface area contributed by atoms with Crippen LogP contribution in [0.15, 0.2) is 54.1 Å². The monoisotopic (exact) mass is 251 g/mol. The first kappa shape index (κ1) is 25.5. The third kappa shape index (κ3) is 17.0. The Hall–Kier alpha value is -1.37. The van der Waals surface area contributed by atoms with E-state index in [2.05, 4.69) is 18.2 Å². The highest BCUT2D eigenvalue weighted by Gasteiger charge is 1.95. The van der Waals surface area contributed by atoms with Crippen molar-refractivity contribution in [1.82, 2.24) is 0 Å². The van der Waals surface area contributed by atoms with Gasteiger partial charge in [0.05, 0.1) is 5.71 Å². The number of nitrogens with zero attached hydrogens (tertiary/aromatic N) is 1. The summed E-state index contributed by atoms with van der Waals surface area (Å²) < 4.78 is 0. The maximum atomic E-state index is 4.08. The van der Waals surface area contributed by atoms with E-state index in [0.29, 0.717) is 0 Å². The second-order valence-corrected chi connectivity index (χ2v) is 2.17. The summed E-state index contributed by atoms with van der Waals surface area (Å²) in [4.78, 5) is 4.08. The molecule has 0 spiro atoms. The van der Waals surface area contributed by atoms with Crippen LogP contribution in [-0.4, -0.2) is 12.8 Å². The number of hydrogen-bond acceptors (Lipinski definition) is 1. The second kappa shape index (κ2) is 29.6. The number of allylic oxidation sites excluding steroid dienone is 6. The Morgan fingerprint density at radius 3 is 1.61 bits per heavy atom. The molecule has 1 heteroatoms. The van der Waals surface area contributed by atoms with Gasteiger partial charge < -0.3 is 0 Å². The SMILES string of the molecule is C=C/C=C(/C=C\C)C(C=C)=NC.CC.CC.CC. The van der Waals surface area contributed by atoms with Crippen molar-refractivity contribution in [1.29, 1.82) is 0 Å². The predicted octanol–water partition coefficient (Wildman–Crippen LogP) is 6.01. The zero-order valence-electron chi connectivity index (χ0n) is 13.7. The summed E-state index contributed by atoms with van der Waals surface area (Å²) in [5.41, 5.74) is 1.91. The minimum absolute atomic E-state index is 0.882. The lowest BCUT2D eigenvalue weighted by Crippen LogP contribution is -1.95. The standard InChI is InChI=1S/C11H15N.3C2H6/c1-5-8-10(9-6-2)11(7-3)12-4;3*1-2/h5-9H,1,3H2,2,4H3;3*1-2H3/b9-6-,10-8-,12-11?;;;. The fraction of sp³-hybridized carbons (Fsp3) is 0.471. The maximum Gasteiger partial charge on any atom is 0.0637 e. The van der Waals surface area contributed by atoms with Crippen LogP contribution in [0.5, 0.6) is 0 Å². The van der Waals surface area contributed by atoms with Gasteiger partial charge in [-0.3, -0.25) is 4.99 Å². The maximum absolute atomic E-state index is 4.08. The van der Waals surface area contributed by atoms with Crippen molar-refractivity contribution in [3.63, 3.8) is 0 Å². The minimum atomic E-state index is 0.882. The van der Waals surface area contributed by atoms with Crippen molar-refractivity contribution in [3.8, 4) is 0 Å². The number of rotatable bonds is 4. The second-order valence-electron chi connectivity index (χ2n) is 2.17. The molecule has 0 rings (SSSR count). The van der Waals surface area contributed by atoms with Crippen LogP contribution in [0.4, 0.5) is 0 Å². The van der Waals surface area contributed by atoms with Gasteiger partial charge in [0.15, 0.2) is 0 Å². The molecule has 0 aromatic rings. The van der Waals surface area contributed by atoms with E-state index in [1.807, 2.05) is 66.7 Å². The Morgan fingerprint density at radius 2 is 1.39 bits per heavy atom. The summed E-state index contributed by atoms with van der Waals surface area (Å²) in [6, 6.07) is 0. The summed E-state index contributed by atoms with van der Waals surface area (Å²) in [7, 11) is 1.75. The lowest BCUT2D eigenvalue weighted by Gasteiger charge is -1.98. The van der Waals surface area contributed by atoms with Gasteiger partial charge in [-0.2, -0.15) is 0 Å². The van der Waals surface area contributed by atoms with Crippen LogP contribution in [0.25, 0.3) is 0 Å². The van der Waals surface area contributed by atoms with Crippen molar-refractivity contribution in [3.05, 3.63) is 49.1 Å². The van der Waals surface area contributed by atoms with Gasteiger partial charge in [-0.05, 0) is 18.6 Å². The molecule has 0 fully saturated rings. The van der Waals surface area contributed by atoms with Crippen LogP contribution in [0.3, 0.4) is 0 Å². The molecular weight excluding hydrogens is 218 g/mol. The molecule has 0 amide bonds. The topological polar surface area (TPSA) is 12.4 Å². The molecule has 0 aliphatic rings. The van der Waals surface area contributed by atoms with E-state index in [1.54, 1.807) is 19.2 Å². The Bertz CT molecular complexity index is 242. The fourth-order valence-corrected chi connectivity index (χ4v) is 0.871. The van der Waals surface area contributed by atoms with Gasteiger partial charge in [-0.25, -0.2) is 0 Å². The van der Waals surface area contributed by atoms with Gasteiger partial charge in [0.1, 0.15) is 0 Å². The van der Waals surface area contributed by atoms with Crippen molar-refractivity contribution < 1.29 is 0 Å². The lowest BCUT2D eigenvalue weighted by molar-refractivity contribution is 1.44. The first-order valence-corrected chi connectivity index (χ1v) is 6.85. The molecule has 0 atom stereocenters. The molecule has 0 aromatic carbocycles. The van der Waals surface area contributed by atoms with E-state index in [1.165, 1.54) is 0 Å². The van der Waals surface area contributed by atoms with Gasteiger partial charge in [-0.1, -0.05) is 79.0 Å². The molecule has 0 heterocycles. The molecule has 106 valence electrons. The zero-order chi connectivity index (χ0) is 15.4. The quantitative estimate of drug-likeness (QED) is 0.428. The Kier molecular flexibility index (Phi) is 41.9.